The van der Waals surface area contributed by atoms with Gasteiger partial charge in [-0.05, 0) is 12.3 Å². The number of carboxylic acids is 1. The molecule has 1 aliphatic rings. The van der Waals surface area contributed by atoms with E-state index in [1.807, 2.05) is 0 Å². The van der Waals surface area contributed by atoms with Gasteiger partial charge in [-0.1, -0.05) is 26.0 Å². The van der Waals surface area contributed by atoms with Gasteiger partial charge in [-0.3, -0.25) is 4.90 Å². The maximum absolute atomic E-state index is 10.7. The molecule has 0 spiro atoms. The lowest BCUT2D eigenvalue weighted by molar-refractivity contribution is 0.0297. The number of rotatable bonds is 5. The van der Waals surface area contributed by atoms with E-state index >= 15 is 0 Å². The number of nitrogens with zero attached hydrogens (tertiary/aromatic N) is 4. The molecule has 0 saturated carbocycles. The van der Waals surface area contributed by atoms with Crippen LogP contribution in [0, 0.1) is 5.92 Å². The van der Waals surface area contributed by atoms with Crippen molar-refractivity contribution in [1.82, 2.24) is 19.9 Å². The van der Waals surface area contributed by atoms with E-state index in [-0.39, 0.29) is 11.7 Å². The number of likely N-dealkylation sites (tertiary alicyclic amines) is 1. The van der Waals surface area contributed by atoms with Crippen molar-refractivity contribution in [3.8, 4) is 0 Å². The molecule has 1 aromatic heterocycles. The van der Waals surface area contributed by atoms with Gasteiger partial charge in [0.1, 0.15) is 0 Å². The van der Waals surface area contributed by atoms with E-state index in [1.165, 1.54) is 6.20 Å². The summed E-state index contributed by atoms with van der Waals surface area (Å²) in [5, 5.41) is 16.3. The Labute approximate surface area is 107 Å². The summed E-state index contributed by atoms with van der Waals surface area (Å²) in [6, 6.07) is 0.863. The van der Waals surface area contributed by atoms with Gasteiger partial charge in [0.05, 0.1) is 12.2 Å². The summed E-state index contributed by atoms with van der Waals surface area (Å²) in [5.74, 6) is -0.382. The maximum atomic E-state index is 10.7. The molecular formula is C12H20N4O2. The molecule has 100 valence electrons. The van der Waals surface area contributed by atoms with Crippen LogP contribution in [-0.4, -0.2) is 50.1 Å². The van der Waals surface area contributed by atoms with Crippen LogP contribution in [0.15, 0.2) is 6.20 Å². The summed E-state index contributed by atoms with van der Waals surface area (Å²) in [4.78, 5) is 13.2. The molecule has 0 aromatic carbocycles. The molecule has 18 heavy (non-hydrogen) atoms. The largest absolute Gasteiger partial charge is 0.476 e. The Morgan fingerprint density at radius 2 is 2.22 bits per heavy atom. The van der Waals surface area contributed by atoms with Crippen LogP contribution >= 0.6 is 0 Å². The van der Waals surface area contributed by atoms with Crippen molar-refractivity contribution in [3.05, 3.63) is 11.9 Å². The third kappa shape index (κ3) is 2.38. The molecule has 1 fully saturated rings. The molecule has 0 bridgehead atoms. The molecule has 0 aliphatic carbocycles. The highest BCUT2D eigenvalue weighted by Gasteiger charge is 2.34. The second kappa shape index (κ2) is 5.06. The van der Waals surface area contributed by atoms with Gasteiger partial charge in [-0.15, -0.1) is 5.10 Å². The first-order valence-corrected chi connectivity index (χ1v) is 6.42. The van der Waals surface area contributed by atoms with Gasteiger partial charge in [0.25, 0.3) is 0 Å². The Morgan fingerprint density at radius 3 is 2.67 bits per heavy atom. The molecule has 1 aromatic rings. The van der Waals surface area contributed by atoms with E-state index in [2.05, 4.69) is 36.0 Å². The van der Waals surface area contributed by atoms with Gasteiger partial charge in [0, 0.05) is 19.1 Å². The molecule has 2 heterocycles. The minimum Gasteiger partial charge on any atom is -0.476 e. The average molecular weight is 252 g/mol. The highest BCUT2D eigenvalue weighted by Crippen LogP contribution is 2.27. The number of hydrogen-bond donors (Lipinski definition) is 1. The lowest BCUT2D eigenvalue weighted by Crippen LogP contribution is -2.54. The van der Waals surface area contributed by atoms with E-state index in [1.54, 1.807) is 4.68 Å². The zero-order valence-corrected chi connectivity index (χ0v) is 11.1. The van der Waals surface area contributed by atoms with E-state index in [9.17, 15) is 4.79 Å². The highest BCUT2D eigenvalue weighted by molar-refractivity contribution is 5.84. The summed E-state index contributed by atoms with van der Waals surface area (Å²) in [6.07, 6.45) is 2.66. The van der Waals surface area contributed by atoms with Crippen molar-refractivity contribution < 1.29 is 9.90 Å². The summed E-state index contributed by atoms with van der Waals surface area (Å²) < 4.78 is 1.67. The van der Waals surface area contributed by atoms with Crippen molar-refractivity contribution in [3.63, 3.8) is 0 Å². The first-order chi connectivity index (χ1) is 8.52. The Hall–Kier alpha value is -1.43. The Balaban J connectivity index is 1.93. The minimum absolute atomic E-state index is 0.0179. The van der Waals surface area contributed by atoms with Crippen molar-refractivity contribution in [2.45, 2.75) is 39.3 Å². The van der Waals surface area contributed by atoms with Gasteiger partial charge in [0.2, 0.25) is 0 Å². The van der Waals surface area contributed by atoms with Crippen molar-refractivity contribution in [2.75, 3.05) is 13.1 Å². The number of carbonyl (C=O) groups is 1. The van der Waals surface area contributed by atoms with E-state index in [0.29, 0.717) is 12.0 Å². The molecule has 1 aliphatic heterocycles. The van der Waals surface area contributed by atoms with Gasteiger partial charge in [-0.25, -0.2) is 9.48 Å². The van der Waals surface area contributed by atoms with Crippen LogP contribution in [0.5, 0.6) is 0 Å². The molecule has 0 radical (unpaired) electrons. The van der Waals surface area contributed by atoms with E-state index in [0.717, 1.165) is 19.5 Å². The molecule has 1 N–H and O–H groups in total. The molecular weight excluding hydrogens is 232 g/mol. The van der Waals surface area contributed by atoms with Gasteiger partial charge in [-0.2, -0.15) is 0 Å². The SMILES string of the molecule is CCC(C(C)C)N1CC(n2cc(C(=O)O)nn2)C1. The number of aromatic carboxylic acids is 1. The van der Waals surface area contributed by atoms with Gasteiger partial charge >= 0.3 is 5.97 Å². The maximum Gasteiger partial charge on any atom is 0.358 e. The summed E-state index contributed by atoms with van der Waals surface area (Å²) >= 11 is 0. The zero-order valence-electron chi connectivity index (χ0n) is 11.1. The van der Waals surface area contributed by atoms with E-state index < -0.39 is 5.97 Å². The number of aromatic nitrogens is 3. The predicted octanol–water partition coefficient (Wildman–Crippen LogP) is 1.27. The Bertz CT molecular complexity index is 423. The molecule has 1 unspecified atom stereocenters. The first kappa shape index (κ1) is 13.0. The average Bonchev–Trinajstić information content (AvgIpc) is 2.70. The molecule has 2 rings (SSSR count). The van der Waals surface area contributed by atoms with Crippen LogP contribution in [0.2, 0.25) is 0 Å². The molecule has 6 nitrogen and oxygen atoms in total. The fourth-order valence-electron chi connectivity index (χ4n) is 2.63. The minimum atomic E-state index is -1.02. The van der Waals surface area contributed by atoms with Gasteiger partial charge < -0.3 is 5.11 Å². The van der Waals surface area contributed by atoms with Crippen LogP contribution in [0.1, 0.15) is 43.7 Å². The van der Waals surface area contributed by atoms with E-state index in [4.69, 9.17) is 5.11 Å². The summed E-state index contributed by atoms with van der Waals surface area (Å²) in [7, 11) is 0. The fraction of sp³-hybridized carbons (Fsp3) is 0.750. The standard InChI is InChI=1S/C12H20N4O2/c1-4-11(8(2)3)15-5-9(6-15)16-7-10(12(17)18)13-14-16/h7-9,11H,4-6H2,1-3H3,(H,17,18). The number of hydrogen-bond acceptors (Lipinski definition) is 4. The monoisotopic (exact) mass is 252 g/mol. The van der Waals surface area contributed by atoms with Crippen LogP contribution in [0.4, 0.5) is 0 Å². The topological polar surface area (TPSA) is 71.2 Å². The Morgan fingerprint density at radius 1 is 1.56 bits per heavy atom. The second-order valence-corrected chi connectivity index (χ2v) is 5.22. The predicted molar refractivity (Wildman–Crippen MR) is 66.5 cm³/mol. The third-order valence-electron chi connectivity index (χ3n) is 3.65. The highest BCUT2D eigenvalue weighted by atomic mass is 16.4. The lowest BCUT2D eigenvalue weighted by Gasteiger charge is -2.45. The zero-order chi connectivity index (χ0) is 13.3. The van der Waals surface area contributed by atoms with Crippen LogP contribution in [0.25, 0.3) is 0 Å². The fourth-order valence-corrected chi connectivity index (χ4v) is 2.63. The lowest BCUT2D eigenvalue weighted by atomic mass is 9.95. The molecule has 1 atom stereocenters. The van der Waals surface area contributed by atoms with Crippen molar-refractivity contribution in [2.24, 2.45) is 5.92 Å². The Kier molecular flexibility index (Phi) is 3.65. The quantitative estimate of drug-likeness (QED) is 0.854. The normalized spacial score (nSPS) is 18.9. The molecule has 6 heteroatoms. The van der Waals surface area contributed by atoms with Crippen LogP contribution in [-0.2, 0) is 0 Å². The van der Waals surface area contributed by atoms with Crippen molar-refractivity contribution >= 4 is 5.97 Å². The third-order valence-corrected chi connectivity index (χ3v) is 3.65. The molecule has 1 saturated heterocycles. The van der Waals surface area contributed by atoms with Gasteiger partial charge in [0.15, 0.2) is 5.69 Å². The summed E-state index contributed by atoms with van der Waals surface area (Å²) in [6.45, 7) is 8.53. The second-order valence-electron chi connectivity index (χ2n) is 5.22. The smallest absolute Gasteiger partial charge is 0.358 e. The van der Waals surface area contributed by atoms with Crippen LogP contribution in [0.3, 0.4) is 0 Å². The molecule has 0 amide bonds. The summed E-state index contributed by atoms with van der Waals surface area (Å²) in [5.41, 5.74) is 0.0179. The first-order valence-electron chi connectivity index (χ1n) is 6.42. The van der Waals surface area contributed by atoms with Crippen LogP contribution < -0.4 is 0 Å². The number of carboxylic acid groups (broad SMARTS) is 1. The van der Waals surface area contributed by atoms with Crippen molar-refractivity contribution in [1.29, 1.82) is 0 Å².